The standard InChI is InChI=1S/C46H63N5/c1-9-12-14-40-24-48-36(7)22-43(40)44(25-47-8)41-20-34(5)45(35(6)21-41)29-50-27-37(28-50)26-49-18-17-46(30-49)31-51(32-46)42-16-15-39(19-33(4)11-3)38(23-42)13-10-2/h13,15-16,20-25,33,37,47H,2,9,11-12,14,17-19,26-32H2,1,3-8H3/b44-25-. The predicted octanol–water partition coefficient (Wildman–Crippen LogP) is 8.99. The number of aromatic nitrogens is 1. The summed E-state index contributed by atoms with van der Waals surface area (Å²) in [6.45, 7) is 27.0. The van der Waals surface area contributed by atoms with Gasteiger partial charge in [-0.25, -0.2) is 0 Å². The van der Waals surface area contributed by atoms with E-state index in [4.69, 9.17) is 0 Å². The molecule has 3 fully saturated rings. The molecule has 0 aliphatic carbocycles. The lowest BCUT2D eigenvalue weighted by atomic mass is 9.78. The van der Waals surface area contributed by atoms with Gasteiger partial charge in [-0.05, 0) is 134 Å². The second kappa shape index (κ2) is 16.4. The van der Waals surface area contributed by atoms with Gasteiger partial charge in [0.25, 0.3) is 0 Å². The minimum Gasteiger partial charge on any atom is -0.393 e. The van der Waals surface area contributed by atoms with Crippen LogP contribution in [0.2, 0.25) is 0 Å². The third-order valence-electron chi connectivity index (χ3n) is 12.0. The number of hydrogen-bond acceptors (Lipinski definition) is 5. The van der Waals surface area contributed by atoms with Crippen molar-refractivity contribution >= 4 is 17.3 Å². The highest BCUT2D eigenvalue weighted by atomic mass is 15.3. The summed E-state index contributed by atoms with van der Waals surface area (Å²) in [7, 11) is 2.00. The highest BCUT2D eigenvalue weighted by Gasteiger charge is 2.48. The van der Waals surface area contributed by atoms with Gasteiger partial charge in [-0.3, -0.25) is 9.88 Å². The lowest BCUT2D eigenvalue weighted by Gasteiger charge is -2.50. The smallest absolute Gasteiger partial charge is 0.0379 e. The van der Waals surface area contributed by atoms with Gasteiger partial charge in [0, 0.05) is 87.6 Å². The van der Waals surface area contributed by atoms with Gasteiger partial charge >= 0.3 is 0 Å². The van der Waals surface area contributed by atoms with E-state index in [0.717, 1.165) is 31.0 Å². The first-order valence-corrected chi connectivity index (χ1v) is 19.8. The quantitative estimate of drug-likeness (QED) is 0.162. The number of pyridine rings is 1. The summed E-state index contributed by atoms with van der Waals surface area (Å²) in [5.41, 5.74) is 18.1. The van der Waals surface area contributed by atoms with Crippen molar-refractivity contribution in [2.45, 2.75) is 86.6 Å². The first kappa shape index (κ1) is 37.1. The van der Waals surface area contributed by atoms with Gasteiger partial charge in [0.2, 0.25) is 0 Å². The highest BCUT2D eigenvalue weighted by Crippen LogP contribution is 2.43. The van der Waals surface area contributed by atoms with Gasteiger partial charge < -0.3 is 15.1 Å². The van der Waals surface area contributed by atoms with E-state index in [1.807, 2.05) is 7.05 Å². The molecule has 0 amide bonds. The first-order valence-electron chi connectivity index (χ1n) is 19.8. The van der Waals surface area contributed by atoms with Gasteiger partial charge in [0.05, 0.1) is 0 Å². The fraction of sp³-hybridized carbons (Fsp3) is 0.522. The number of aryl methyl sites for hydroxylation is 4. The molecule has 0 bridgehead atoms. The van der Waals surface area contributed by atoms with Crippen LogP contribution in [-0.2, 0) is 19.4 Å². The van der Waals surface area contributed by atoms with Gasteiger partial charge in [0.1, 0.15) is 0 Å². The van der Waals surface area contributed by atoms with Crippen molar-refractivity contribution in [3.63, 3.8) is 0 Å². The van der Waals surface area contributed by atoms with E-state index >= 15 is 0 Å². The molecule has 3 saturated heterocycles. The fourth-order valence-electron chi connectivity index (χ4n) is 8.89. The van der Waals surface area contributed by atoms with E-state index in [1.165, 1.54) is 127 Å². The summed E-state index contributed by atoms with van der Waals surface area (Å²) in [4.78, 5) is 12.7. The summed E-state index contributed by atoms with van der Waals surface area (Å²) in [6, 6.07) is 14.2. The van der Waals surface area contributed by atoms with Crippen LogP contribution in [0.4, 0.5) is 5.69 Å². The SMILES string of the molecule is C=C=Cc1cc(N2CC3(CCN(CC4CN(Cc5c(C)cc(/C(=C/NC)c6cc(C)ncc6CCCC)cc5C)C4)C3)C2)ccc1CC(C)CC. The first-order chi connectivity index (χ1) is 24.6. The molecule has 3 aromatic rings. The molecule has 3 aliphatic rings. The van der Waals surface area contributed by atoms with E-state index in [2.05, 4.69) is 134 Å². The second-order valence-corrected chi connectivity index (χ2v) is 16.4. The Hall–Kier alpha value is -3.63. The Balaban J connectivity index is 1.02. The Morgan fingerprint density at radius 1 is 1.04 bits per heavy atom. The topological polar surface area (TPSA) is 34.6 Å². The maximum atomic E-state index is 4.65. The molecule has 1 spiro atoms. The van der Waals surface area contributed by atoms with Crippen LogP contribution in [0.25, 0.3) is 11.6 Å². The average molecular weight is 686 g/mol. The van der Waals surface area contributed by atoms with Crippen LogP contribution in [0.3, 0.4) is 0 Å². The maximum absolute atomic E-state index is 4.65. The normalized spacial score (nSPS) is 18.4. The molecule has 1 atom stereocenters. The lowest BCUT2D eigenvalue weighted by Crippen LogP contribution is -2.58. The predicted molar refractivity (Wildman–Crippen MR) is 217 cm³/mol. The molecule has 1 N–H and O–H groups in total. The fourth-order valence-corrected chi connectivity index (χ4v) is 8.89. The van der Waals surface area contributed by atoms with Crippen molar-refractivity contribution in [2.75, 3.05) is 57.8 Å². The number of rotatable bonds is 15. The number of nitrogens with one attached hydrogen (secondary N) is 1. The van der Waals surface area contributed by atoms with Crippen molar-refractivity contribution < 1.29 is 0 Å². The third-order valence-corrected chi connectivity index (χ3v) is 12.0. The Bertz CT molecular complexity index is 1730. The molecule has 272 valence electrons. The monoisotopic (exact) mass is 686 g/mol. The Kier molecular flexibility index (Phi) is 11.9. The van der Waals surface area contributed by atoms with Crippen LogP contribution in [0.5, 0.6) is 0 Å². The molecular weight excluding hydrogens is 623 g/mol. The molecule has 3 aliphatic heterocycles. The maximum Gasteiger partial charge on any atom is 0.0379 e. The molecule has 1 unspecified atom stereocenters. The Labute approximate surface area is 309 Å². The van der Waals surface area contributed by atoms with Crippen LogP contribution >= 0.6 is 0 Å². The summed E-state index contributed by atoms with van der Waals surface area (Å²) < 4.78 is 0. The Morgan fingerprint density at radius 2 is 1.80 bits per heavy atom. The molecule has 0 saturated carbocycles. The molecule has 4 heterocycles. The molecule has 1 aromatic heterocycles. The van der Waals surface area contributed by atoms with Crippen molar-refractivity contribution in [1.29, 1.82) is 0 Å². The number of benzene rings is 2. The minimum absolute atomic E-state index is 0.468. The van der Waals surface area contributed by atoms with E-state index in [0.29, 0.717) is 11.3 Å². The zero-order chi connectivity index (χ0) is 36.1. The average Bonchev–Trinajstić information content (AvgIpc) is 3.51. The minimum atomic E-state index is 0.468. The van der Waals surface area contributed by atoms with Gasteiger partial charge in [-0.15, -0.1) is 5.73 Å². The number of unbranched alkanes of at least 4 members (excludes halogenated alkanes) is 1. The largest absolute Gasteiger partial charge is 0.393 e. The van der Waals surface area contributed by atoms with Crippen LogP contribution < -0.4 is 10.2 Å². The summed E-state index contributed by atoms with van der Waals surface area (Å²) in [5, 5.41) is 3.34. The summed E-state index contributed by atoms with van der Waals surface area (Å²) >= 11 is 0. The molecule has 5 nitrogen and oxygen atoms in total. The summed E-state index contributed by atoms with van der Waals surface area (Å²) in [5.74, 6) is 1.47. The van der Waals surface area contributed by atoms with Crippen molar-refractivity contribution in [2.24, 2.45) is 17.3 Å². The van der Waals surface area contributed by atoms with Gasteiger partial charge in [0.15, 0.2) is 0 Å². The molecule has 6 rings (SSSR count). The number of anilines is 1. The van der Waals surface area contributed by atoms with Crippen LogP contribution in [0, 0.1) is 38.0 Å². The van der Waals surface area contributed by atoms with Gasteiger partial charge in [-0.1, -0.05) is 58.4 Å². The van der Waals surface area contributed by atoms with Crippen molar-refractivity contribution in [1.82, 2.24) is 20.1 Å². The zero-order valence-corrected chi connectivity index (χ0v) is 32.7. The van der Waals surface area contributed by atoms with E-state index in [9.17, 15) is 0 Å². The Morgan fingerprint density at radius 3 is 2.49 bits per heavy atom. The van der Waals surface area contributed by atoms with Crippen LogP contribution in [0.15, 0.2) is 61.1 Å². The third kappa shape index (κ3) is 8.54. The molecule has 2 aromatic carbocycles. The lowest BCUT2D eigenvalue weighted by molar-refractivity contribution is 0.0621. The van der Waals surface area contributed by atoms with Gasteiger partial charge in [-0.2, -0.15) is 0 Å². The van der Waals surface area contributed by atoms with Crippen molar-refractivity contribution in [3.8, 4) is 0 Å². The van der Waals surface area contributed by atoms with Crippen LogP contribution in [0.1, 0.15) is 96.7 Å². The molecular formula is C46H63N5. The van der Waals surface area contributed by atoms with E-state index in [1.54, 1.807) is 0 Å². The molecule has 51 heavy (non-hydrogen) atoms. The van der Waals surface area contributed by atoms with E-state index < -0.39 is 0 Å². The zero-order valence-electron chi connectivity index (χ0n) is 32.7. The second-order valence-electron chi connectivity index (χ2n) is 16.4. The number of nitrogens with zero attached hydrogens (tertiary/aromatic N) is 4. The molecule has 0 radical (unpaired) electrons. The molecule has 5 heteroatoms. The highest BCUT2D eigenvalue weighted by molar-refractivity contribution is 5.82. The van der Waals surface area contributed by atoms with E-state index in [-0.39, 0.29) is 0 Å². The number of likely N-dealkylation sites (tertiary alicyclic amines) is 2. The van der Waals surface area contributed by atoms with Crippen LogP contribution in [-0.4, -0.2) is 67.6 Å². The summed E-state index contributed by atoms with van der Waals surface area (Å²) in [6.07, 6.45) is 13.4. The number of hydrogen-bond donors (Lipinski definition) is 1. The van der Waals surface area contributed by atoms with Crippen molar-refractivity contribution in [3.05, 3.63) is 111 Å².